The van der Waals surface area contributed by atoms with Crippen molar-refractivity contribution in [2.24, 2.45) is 10.5 Å². The van der Waals surface area contributed by atoms with Gasteiger partial charge in [0.1, 0.15) is 0 Å². The van der Waals surface area contributed by atoms with Crippen molar-refractivity contribution in [2.45, 2.75) is 59.3 Å². The minimum Gasteiger partial charge on any atom is -0.481 e. The predicted molar refractivity (Wildman–Crippen MR) is 71.4 cm³/mol. The quantitative estimate of drug-likeness (QED) is 0.398. The first-order valence-electron chi connectivity index (χ1n) is 6.36. The molecule has 0 rings (SSSR count). The average molecular weight is 256 g/mol. The number of hydrogen-bond acceptors (Lipinski definition) is 3. The minimum absolute atomic E-state index is 0.0376. The van der Waals surface area contributed by atoms with Crippen LogP contribution in [0.25, 0.3) is 0 Å². The highest BCUT2D eigenvalue weighted by Crippen LogP contribution is 2.08. The Bertz CT molecular complexity index is 293. The molecule has 0 aromatic carbocycles. The van der Waals surface area contributed by atoms with Gasteiger partial charge in [0.2, 0.25) is 5.91 Å². The molecule has 0 aliphatic rings. The largest absolute Gasteiger partial charge is 0.481 e. The molecule has 0 radical (unpaired) electrons. The molecule has 0 atom stereocenters. The summed E-state index contributed by atoms with van der Waals surface area (Å²) in [5.74, 6) is -0.849. The number of nitrogens with one attached hydrogen (secondary N) is 1. The highest BCUT2D eigenvalue weighted by atomic mass is 16.4. The van der Waals surface area contributed by atoms with Gasteiger partial charge in [-0.15, -0.1) is 0 Å². The zero-order valence-electron chi connectivity index (χ0n) is 11.5. The Labute approximate surface area is 109 Å². The number of hydrogen-bond donors (Lipinski definition) is 2. The summed E-state index contributed by atoms with van der Waals surface area (Å²) in [5, 5.41) is 12.3. The summed E-state index contributed by atoms with van der Waals surface area (Å²) in [6, 6.07) is 0. The van der Waals surface area contributed by atoms with E-state index in [9.17, 15) is 9.59 Å². The number of rotatable bonds is 8. The number of carbonyl (C=O) groups excluding carboxylic acids is 1. The second kappa shape index (κ2) is 8.66. The normalized spacial score (nSPS) is 11.7. The molecule has 0 aromatic heterocycles. The summed E-state index contributed by atoms with van der Waals surface area (Å²) < 4.78 is 0. The van der Waals surface area contributed by atoms with Gasteiger partial charge in [-0.25, -0.2) is 5.43 Å². The van der Waals surface area contributed by atoms with Gasteiger partial charge in [0.15, 0.2) is 0 Å². The van der Waals surface area contributed by atoms with Gasteiger partial charge < -0.3 is 5.11 Å². The van der Waals surface area contributed by atoms with E-state index in [0.717, 1.165) is 19.3 Å². The number of carbonyl (C=O) groups is 2. The van der Waals surface area contributed by atoms with E-state index in [1.807, 2.05) is 20.8 Å². The molecule has 18 heavy (non-hydrogen) atoms. The summed E-state index contributed by atoms with van der Waals surface area (Å²) in [7, 11) is 0. The van der Waals surface area contributed by atoms with E-state index < -0.39 is 5.97 Å². The van der Waals surface area contributed by atoms with Crippen molar-refractivity contribution in [1.82, 2.24) is 5.43 Å². The van der Waals surface area contributed by atoms with Crippen LogP contribution in [0.15, 0.2) is 5.10 Å². The Morgan fingerprint density at radius 2 is 1.67 bits per heavy atom. The molecule has 0 fully saturated rings. The highest BCUT2D eigenvalue weighted by Gasteiger charge is 2.05. The molecule has 2 N–H and O–H groups in total. The fourth-order valence-corrected chi connectivity index (χ4v) is 1.27. The summed E-state index contributed by atoms with van der Waals surface area (Å²) in [6.45, 7) is 6.02. The van der Waals surface area contributed by atoms with Gasteiger partial charge in [-0.05, 0) is 18.3 Å². The molecular weight excluding hydrogens is 232 g/mol. The Morgan fingerprint density at radius 1 is 1.11 bits per heavy atom. The van der Waals surface area contributed by atoms with Gasteiger partial charge in [-0.1, -0.05) is 33.6 Å². The Morgan fingerprint density at radius 3 is 2.17 bits per heavy atom. The molecule has 5 heteroatoms. The van der Waals surface area contributed by atoms with E-state index in [0.29, 0.717) is 12.8 Å². The number of carboxylic acids is 1. The molecule has 5 nitrogen and oxygen atoms in total. The van der Waals surface area contributed by atoms with Crippen LogP contribution in [0.1, 0.15) is 59.3 Å². The van der Waals surface area contributed by atoms with Gasteiger partial charge in [-0.2, -0.15) is 5.10 Å². The SMILES string of the molecule is CC(C)(C)/C=N/NC(=O)CCCCCCC(=O)O. The molecule has 0 aliphatic heterocycles. The zero-order chi connectivity index (χ0) is 14.0. The summed E-state index contributed by atoms with van der Waals surface area (Å²) in [5.41, 5.74) is 2.45. The third kappa shape index (κ3) is 12.7. The molecule has 104 valence electrons. The zero-order valence-corrected chi connectivity index (χ0v) is 11.5. The number of amides is 1. The van der Waals surface area contributed by atoms with Crippen LogP contribution in [0.3, 0.4) is 0 Å². The maximum absolute atomic E-state index is 11.4. The van der Waals surface area contributed by atoms with Crippen LogP contribution in [0.4, 0.5) is 0 Å². The smallest absolute Gasteiger partial charge is 0.303 e. The molecule has 0 aliphatic carbocycles. The number of nitrogens with zero attached hydrogens (tertiary/aromatic N) is 1. The van der Waals surface area contributed by atoms with E-state index in [1.54, 1.807) is 6.21 Å². The Kier molecular flexibility index (Phi) is 8.00. The van der Waals surface area contributed by atoms with Gasteiger partial charge in [-0.3, -0.25) is 9.59 Å². The second-order valence-electron chi connectivity index (χ2n) is 5.47. The van der Waals surface area contributed by atoms with E-state index in [4.69, 9.17) is 5.11 Å². The van der Waals surface area contributed by atoms with Crippen molar-refractivity contribution >= 4 is 18.1 Å². The molecular formula is C13H24N2O3. The summed E-state index contributed by atoms with van der Waals surface area (Å²) in [6.07, 6.45) is 5.54. The van der Waals surface area contributed by atoms with Crippen molar-refractivity contribution in [3.63, 3.8) is 0 Å². The Hall–Kier alpha value is -1.39. The highest BCUT2D eigenvalue weighted by molar-refractivity contribution is 5.77. The van der Waals surface area contributed by atoms with Gasteiger partial charge in [0.05, 0.1) is 0 Å². The number of unbranched alkanes of at least 4 members (excludes halogenated alkanes) is 3. The molecule has 0 spiro atoms. The second-order valence-corrected chi connectivity index (χ2v) is 5.47. The first kappa shape index (κ1) is 16.6. The molecule has 0 heterocycles. The lowest BCUT2D eigenvalue weighted by Gasteiger charge is -2.09. The van der Waals surface area contributed by atoms with Crippen molar-refractivity contribution in [2.75, 3.05) is 0 Å². The molecule has 1 amide bonds. The van der Waals surface area contributed by atoms with Crippen LogP contribution >= 0.6 is 0 Å². The molecule has 0 saturated heterocycles. The van der Waals surface area contributed by atoms with Crippen molar-refractivity contribution in [1.29, 1.82) is 0 Å². The van der Waals surface area contributed by atoms with Gasteiger partial charge in [0.25, 0.3) is 0 Å². The van der Waals surface area contributed by atoms with Gasteiger partial charge in [0, 0.05) is 19.1 Å². The first-order chi connectivity index (χ1) is 8.31. The fourth-order valence-electron chi connectivity index (χ4n) is 1.27. The molecule has 0 saturated carbocycles. The van der Waals surface area contributed by atoms with Crippen molar-refractivity contribution < 1.29 is 14.7 Å². The third-order valence-corrected chi connectivity index (χ3v) is 2.19. The predicted octanol–water partition coefficient (Wildman–Crippen LogP) is 2.56. The maximum Gasteiger partial charge on any atom is 0.303 e. The minimum atomic E-state index is -0.760. The van der Waals surface area contributed by atoms with Crippen LogP contribution in [0.5, 0.6) is 0 Å². The van der Waals surface area contributed by atoms with Crippen molar-refractivity contribution in [3.05, 3.63) is 0 Å². The lowest BCUT2D eigenvalue weighted by Crippen LogP contribution is -2.19. The maximum atomic E-state index is 11.4. The molecule has 0 bridgehead atoms. The average Bonchev–Trinajstić information content (AvgIpc) is 2.20. The van der Waals surface area contributed by atoms with E-state index in [2.05, 4.69) is 10.5 Å². The number of carboxylic acid groups (broad SMARTS) is 1. The van der Waals surface area contributed by atoms with E-state index >= 15 is 0 Å². The lowest BCUT2D eigenvalue weighted by molar-refractivity contribution is -0.137. The van der Waals surface area contributed by atoms with Gasteiger partial charge >= 0.3 is 5.97 Å². The third-order valence-electron chi connectivity index (χ3n) is 2.19. The lowest BCUT2D eigenvalue weighted by atomic mass is 9.99. The Balaban J connectivity index is 3.49. The van der Waals surface area contributed by atoms with Crippen LogP contribution in [0, 0.1) is 5.41 Å². The van der Waals surface area contributed by atoms with Crippen LogP contribution in [-0.2, 0) is 9.59 Å². The number of aliphatic carboxylic acids is 1. The van der Waals surface area contributed by atoms with E-state index in [1.165, 1.54) is 0 Å². The van der Waals surface area contributed by atoms with Crippen LogP contribution < -0.4 is 5.43 Å². The monoisotopic (exact) mass is 256 g/mol. The standard InChI is InChI=1S/C13H24N2O3/c1-13(2,3)10-14-15-11(16)8-6-4-5-7-9-12(17)18/h10H,4-9H2,1-3H3,(H,15,16)(H,17,18)/b14-10+. The van der Waals surface area contributed by atoms with E-state index in [-0.39, 0.29) is 17.7 Å². The molecule has 0 unspecified atom stereocenters. The summed E-state index contributed by atoms with van der Waals surface area (Å²) in [4.78, 5) is 21.6. The van der Waals surface area contributed by atoms with Crippen LogP contribution in [0.2, 0.25) is 0 Å². The summed E-state index contributed by atoms with van der Waals surface area (Å²) >= 11 is 0. The first-order valence-corrected chi connectivity index (χ1v) is 6.36. The topological polar surface area (TPSA) is 78.8 Å². The number of hydrazone groups is 1. The van der Waals surface area contributed by atoms with Crippen LogP contribution in [-0.4, -0.2) is 23.2 Å². The fraction of sp³-hybridized carbons (Fsp3) is 0.769. The van der Waals surface area contributed by atoms with Crippen molar-refractivity contribution in [3.8, 4) is 0 Å². The molecule has 0 aromatic rings.